The van der Waals surface area contributed by atoms with Crippen LogP contribution < -0.4 is 20.1 Å². The van der Waals surface area contributed by atoms with Gasteiger partial charge in [-0.2, -0.15) is 0 Å². The van der Waals surface area contributed by atoms with E-state index in [2.05, 4.69) is 22.5 Å². The molecule has 0 saturated carbocycles. The number of carbonyl (C=O) groups is 1. The van der Waals surface area contributed by atoms with E-state index in [9.17, 15) is 4.79 Å². The average molecular weight is 440 g/mol. The molecule has 0 spiro atoms. The lowest BCUT2D eigenvalue weighted by Crippen LogP contribution is -2.44. The van der Waals surface area contributed by atoms with Crippen molar-refractivity contribution in [1.29, 1.82) is 0 Å². The molecular weight excluding hydrogens is 406 g/mol. The summed E-state index contributed by atoms with van der Waals surface area (Å²) in [6.45, 7) is 7.68. The van der Waals surface area contributed by atoms with E-state index < -0.39 is 0 Å². The zero-order valence-corrected chi connectivity index (χ0v) is 19.0. The molecule has 1 unspecified atom stereocenters. The summed E-state index contributed by atoms with van der Waals surface area (Å²) in [5.41, 5.74) is 1.99. The quantitative estimate of drug-likeness (QED) is 0.606. The van der Waals surface area contributed by atoms with Gasteiger partial charge in [-0.05, 0) is 63.1 Å². The SMILES string of the molecule is COc1cccc(NC(=O)c2ccc3c(c2)NC(C)(CCCCN2CCOCC2)CO3)c1. The molecule has 2 heterocycles. The molecular formula is C25H33N3O4. The smallest absolute Gasteiger partial charge is 0.255 e. The number of morpholine rings is 1. The molecule has 2 aromatic carbocycles. The first-order valence-corrected chi connectivity index (χ1v) is 11.4. The lowest BCUT2D eigenvalue weighted by molar-refractivity contribution is 0.0369. The number of rotatable bonds is 8. The monoisotopic (exact) mass is 439 g/mol. The number of methoxy groups -OCH3 is 1. The number of benzene rings is 2. The highest BCUT2D eigenvalue weighted by Gasteiger charge is 2.30. The average Bonchev–Trinajstić information content (AvgIpc) is 2.82. The van der Waals surface area contributed by atoms with Gasteiger partial charge < -0.3 is 24.8 Å². The second-order valence-electron chi connectivity index (χ2n) is 8.78. The van der Waals surface area contributed by atoms with Gasteiger partial charge >= 0.3 is 0 Å². The van der Waals surface area contributed by atoms with Crippen molar-refractivity contribution in [3.63, 3.8) is 0 Å². The van der Waals surface area contributed by atoms with Crippen LogP contribution in [0.5, 0.6) is 11.5 Å². The third-order valence-corrected chi connectivity index (χ3v) is 6.11. The molecule has 2 N–H and O–H groups in total. The molecule has 1 amide bonds. The fraction of sp³-hybridized carbons (Fsp3) is 0.480. The Labute approximate surface area is 190 Å². The third kappa shape index (κ3) is 5.72. The van der Waals surface area contributed by atoms with Gasteiger partial charge in [-0.15, -0.1) is 0 Å². The number of hydrogen-bond donors (Lipinski definition) is 2. The number of amides is 1. The highest BCUT2D eigenvalue weighted by Crippen LogP contribution is 2.35. The number of ether oxygens (including phenoxy) is 3. The number of fused-ring (bicyclic) bond motifs is 1. The van der Waals surface area contributed by atoms with Gasteiger partial charge in [0.2, 0.25) is 0 Å². The molecule has 4 rings (SSSR count). The first kappa shape index (κ1) is 22.4. The van der Waals surface area contributed by atoms with Crippen molar-refractivity contribution in [2.24, 2.45) is 0 Å². The van der Waals surface area contributed by atoms with Gasteiger partial charge in [0, 0.05) is 30.4 Å². The van der Waals surface area contributed by atoms with Gasteiger partial charge in [0.15, 0.2) is 0 Å². The first-order chi connectivity index (χ1) is 15.5. The highest BCUT2D eigenvalue weighted by atomic mass is 16.5. The molecule has 1 fully saturated rings. The lowest BCUT2D eigenvalue weighted by atomic mass is 9.93. The van der Waals surface area contributed by atoms with Gasteiger partial charge in [0.25, 0.3) is 5.91 Å². The molecule has 2 aromatic rings. The summed E-state index contributed by atoms with van der Waals surface area (Å²) in [6.07, 6.45) is 3.29. The number of anilines is 2. The molecule has 172 valence electrons. The summed E-state index contributed by atoms with van der Waals surface area (Å²) in [7, 11) is 1.61. The molecule has 7 heteroatoms. The minimum absolute atomic E-state index is 0.153. The lowest BCUT2D eigenvalue weighted by Gasteiger charge is -2.37. The Balaban J connectivity index is 1.33. The molecule has 0 bridgehead atoms. The van der Waals surface area contributed by atoms with E-state index in [1.165, 1.54) is 0 Å². The van der Waals surface area contributed by atoms with E-state index in [0.717, 1.165) is 63.5 Å². The Kier molecular flexibility index (Phi) is 7.17. The normalized spacial score (nSPS) is 20.6. The predicted octanol–water partition coefficient (Wildman–Crippen LogP) is 4.01. The topological polar surface area (TPSA) is 72.1 Å². The second kappa shape index (κ2) is 10.2. The minimum atomic E-state index is -0.166. The van der Waals surface area contributed by atoms with Crippen molar-refractivity contribution < 1.29 is 19.0 Å². The Morgan fingerprint density at radius 1 is 1.19 bits per heavy atom. The molecule has 2 aliphatic heterocycles. The molecule has 32 heavy (non-hydrogen) atoms. The van der Waals surface area contributed by atoms with E-state index in [1.54, 1.807) is 19.2 Å². The summed E-state index contributed by atoms with van der Waals surface area (Å²) in [4.78, 5) is 15.3. The van der Waals surface area contributed by atoms with E-state index >= 15 is 0 Å². The predicted molar refractivity (Wildman–Crippen MR) is 126 cm³/mol. The fourth-order valence-corrected chi connectivity index (χ4v) is 4.21. The van der Waals surface area contributed by atoms with Crippen LogP contribution in [0.1, 0.15) is 36.5 Å². The van der Waals surface area contributed by atoms with Gasteiger partial charge in [-0.3, -0.25) is 9.69 Å². The van der Waals surface area contributed by atoms with Crippen LogP contribution in [0.4, 0.5) is 11.4 Å². The van der Waals surface area contributed by atoms with Crippen molar-refractivity contribution in [2.45, 2.75) is 31.7 Å². The zero-order valence-electron chi connectivity index (χ0n) is 19.0. The maximum atomic E-state index is 12.8. The van der Waals surface area contributed by atoms with Gasteiger partial charge in [-0.25, -0.2) is 0 Å². The Hall–Kier alpha value is -2.77. The van der Waals surface area contributed by atoms with Crippen LogP contribution in [-0.4, -0.2) is 62.9 Å². The number of hydrogen-bond acceptors (Lipinski definition) is 6. The van der Waals surface area contributed by atoms with Crippen LogP contribution in [0.15, 0.2) is 42.5 Å². The maximum Gasteiger partial charge on any atom is 0.255 e. The standard InChI is InChI=1S/C25H33N3O4/c1-25(10-3-4-11-28-12-14-31-15-13-28)18-32-23-9-8-19(16-22(23)27-25)24(29)26-20-6-5-7-21(17-20)30-2/h5-9,16-17,27H,3-4,10-15,18H2,1-2H3,(H,26,29). The molecule has 0 aromatic heterocycles. The van der Waals surface area contributed by atoms with Crippen LogP contribution >= 0.6 is 0 Å². The van der Waals surface area contributed by atoms with Crippen LogP contribution in [0, 0.1) is 0 Å². The van der Waals surface area contributed by atoms with Crippen molar-refractivity contribution in [1.82, 2.24) is 4.90 Å². The van der Waals surface area contributed by atoms with Gasteiger partial charge in [0.1, 0.15) is 18.1 Å². The molecule has 1 atom stereocenters. The molecule has 1 saturated heterocycles. The number of nitrogens with one attached hydrogen (secondary N) is 2. The van der Waals surface area contributed by atoms with Crippen molar-refractivity contribution in [3.8, 4) is 11.5 Å². The summed E-state index contributed by atoms with van der Waals surface area (Å²) >= 11 is 0. The van der Waals surface area contributed by atoms with Crippen LogP contribution in [-0.2, 0) is 4.74 Å². The molecule has 2 aliphatic rings. The maximum absolute atomic E-state index is 12.8. The first-order valence-electron chi connectivity index (χ1n) is 11.4. The van der Waals surface area contributed by atoms with Crippen molar-refractivity contribution in [2.75, 3.05) is 57.2 Å². The number of carbonyl (C=O) groups excluding carboxylic acids is 1. The summed E-state index contributed by atoms with van der Waals surface area (Å²) in [6, 6.07) is 12.9. The largest absolute Gasteiger partial charge is 0.497 e. The highest BCUT2D eigenvalue weighted by molar-refractivity contribution is 6.05. The van der Waals surface area contributed by atoms with Gasteiger partial charge in [0.05, 0.1) is 31.5 Å². The second-order valence-corrected chi connectivity index (χ2v) is 8.78. The molecule has 0 aliphatic carbocycles. The van der Waals surface area contributed by atoms with E-state index in [4.69, 9.17) is 14.2 Å². The Morgan fingerprint density at radius 3 is 2.84 bits per heavy atom. The van der Waals surface area contributed by atoms with Crippen LogP contribution in [0.2, 0.25) is 0 Å². The van der Waals surface area contributed by atoms with Crippen LogP contribution in [0.25, 0.3) is 0 Å². The van der Waals surface area contributed by atoms with Gasteiger partial charge in [-0.1, -0.05) is 6.07 Å². The Morgan fingerprint density at radius 2 is 2.03 bits per heavy atom. The van der Waals surface area contributed by atoms with E-state index in [-0.39, 0.29) is 11.4 Å². The van der Waals surface area contributed by atoms with E-state index in [0.29, 0.717) is 23.6 Å². The third-order valence-electron chi connectivity index (χ3n) is 6.11. The Bertz CT molecular complexity index is 929. The molecule has 0 radical (unpaired) electrons. The van der Waals surface area contributed by atoms with Crippen molar-refractivity contribution in [3.05, 3.63) is 48.0 Å². The van der Waals surface area contributed by atoms with E-state index in [1.807, 2.05) is 30.3 Å². The summed E-state index contributed by atoms with van der Waals surface area (Å²) in [5, 5.41) is 6.56. The van der Waals surface area contributed by atoms with Crippen LogP contribution in [0.3, 0.4) is 0 Å². The fourth-order valence-electron chi connectivity index (χ4n) is 4.21. The summed E-state index contributed by atoms with van der Waals surface area (Å²) in [5.74, 6) is 1.32. The molecule has 7 nitrogen and oxygen atoms in total. The minimum Gasteiger partial charge on any atom is -0.497 e. The number of nitrogens with zero attached hydrogens (tertiary/aromatic N) is 1. The summed E-state index contributed by atoms with van der Waals surface area (Å²) < 4.78 is 16.7. The van der Waals surface area contributed by atoms with Crippen molar-refractivity contribution >= 4 is 17.3 Å². The zero-order chi connectivity index (χ0) is 22.4. The number of unbranched alkanes of at least 4 members (excludes halogenated alkanes) is 1.